The minimum absolute atomic E-state index is 0.176. The van der Waals surface area contributed by atoms with Crippen LogP contribution in [0.5, 0.6) is 0 Å². The van der Waals surface area contributed by atoms with Crippen molar-refractivity contribution in [2.75, 3.05) is 23.3 Å². The number of hydrogen-bond donors (Lipinski definition) is 1. The van der Waals surface area contributed by atoms with E-state index in [1.54, 1.807) is 6.07 Å². The molecular formula is C20H20F3N3O3. The zero-order chi connectivity index (χ0) is 21.2. The fourth-order valence-electron chi connectivity index (χ4n) is 3.29. The molecule has 29 heavy (non-hydrogen) atoms. The van der Waals surface area contributed by atoms with Crippen LogP contribution < -0.4 is 10.2 Å². The molecule has 0 radical (unpaired) electrons. The number of hydrogen-bond acceptors (Lipinski definition) is 4. The van der Waals surface area contributed by atoms with E-state index in [0.717, 1.165) is 44.1 Å². The lowest BCUT2D eigenvalue weighted by atomic mass is 9.98. The van der Waals surface area contributed by atoms with Gasteiger partial charge in [0.15, 0.2) is 0 Å². The second kappa shape index (κ2) is 8.10. The molecule has 0 spiro atoms. The maximum Gasteiger partial charge on any atom is 0.416 e. The van der Waals surface area contributed by atoms with Crippen molar-refractivity contribution < 1.29 is 22.9 Å². The molecule has 0 unspecified atom stereocenters. The summed E-state index contributed by atoms with van der Waals surface area (Å²) in [4.78, 5) is 25.2. The normalized spacial score (nSPS) is 15.2. The molecule has 1 saturated heterocycles. The molecule has 0 bridgehead atoms. The van der Waals surface area contributed by atoms with E-state index in [4.69, 9.17) is 0 Å². The summed E-state index contributed by atoms with van der Waals surface area (Å²) in [5, 5.41) is 13.7. The minimum atomic E-state index is -4.57. The highest BCUT2D eigenvalue weighted by molar-refractivity contribution is 6.06. The largest absolute Gasteiger partial charge is 0.416 e. The molecule has 1 amide bonds. The Balaban J connectivity index is 1.91. The summed E-state index contributed by atoms with van der Waals surface area (Å²) in [5.74, 6) is -0.198. The van der Waals surface area contributed by atoms with Gasteiger partial charge < -0.3 is 10.2 Å². The third kappa shape index (κ3) is 4.85. The molecule has 6 nitrogen and oxygen atoms in total. The lowest BCUT2D eigenvalue weighted by Gasteiger charge is -2.33. The fourth-order valence-corrected chi connectivity index (χ4v) is 3.29. The molecule has 0 aliphatic carbocycles. The summed E-state index contributed by atoms with van der Waals surface area (Å²) in [6.45, 7) is 3.60. The van der Waals surface area contributed by atoms with Gasteiger partial charge in [-0.05, 0) is 43.0 Å². The van der Waals surface area contributed by atoms with Crippen LogP contribution in [0, 0.1) is 16.0 Å². The number of rotatable bonds is 4. The first-order chi connectivity index (χ1) is 13.6. The summed E-state index contributed by atoms with van der Waals surface area (Å²) in [6.07, 6.45) is -2.69. The van der Waals surface area contributed by atoms with Crippen LogP contribution in [0.25, 0.3) is 0 Å². The predicted molar refractivity (Wildman–Crippen MR) is 103 cm³/mol. The van der Waals surface area contributed by atoms with Gasteiger partial charge in [-0.15, -0.1) is 0 Å². The molecule has 1 heterocycles. The van der Waals surface area contributed by atoms with Gasteiger partial charge in [-0.1, -0.05) is 13.0 Å². The van der Waals surface area contributed by atoms with Gasteiger partial charge in [-0.2, -0.15) is 13.2 Å². The van der Waals surface area contributed by atoms with Crippen LogP contribution in [-0.2, 0) is 6.18 Å². The quantitative estimate of drug-likeness (QED) is 0.565. The van der Waals surface area contributed by atoms with Gasteiger partial charge in [-0.25, -0.2) is 0 Å². The van der Waals surface area contributed by atoms with Gasteiger partial charge in [0, 0.05) is 30.8 Å². The number of piperidine rings is 1. The topological polar surface area (TPSA) is 75.5 Å². The maximum absolute atomic E-state index is 12.9. The second-order valence-corrected chi connectivity index (χ2v) is 7.16. The molecule has 1 fully saturated rings. The SMILES string of the molecule is CC1CCN(c2ccc([N+](=O)[O-])cc2NC(=O)c2cccc(C(F)(F)F)c2)CC1. The van der Waals surface area contributed by atoms with E-state index in [1.165, 1.54) is 18.2 Å². The van der Waals surface area contributed by atoms with Gasteiger partial charge in [-0.3, -0.25) is 14.9 Å². The van der Waals surface area contributed by atoms with Crippen LogP contribution in [0.1, 0.15) is 35.7 Å². The number of anilines is 2. The van der Waals surface area contributed by atoms with Gasteiger partial charge in [0.05, 0.1) is 21.9 Å². The van der Waals surface area contributed by atoms with Gasteiger partial charge in [0.1, 0.15) is 0 Å². The maximum atomic E-state index is 12.9. The van der Waals surface area contributed by atoms with Crippen LogP contribution in [0.3, 0.4) is 0 Å². The zero-order valence-electron chi connectivity index (χ0n) is 15.7. The molecule has 154 valence electrons. The summed E-state index contributed by atoms with van der Waals surface area (Å²) < 4.78 is 38.8. The number of halogens is 3. The van der Waals surface area contributed by atoms with Crippen molar-refractivity contribution in [3.8, 4) is 0 Å². The van der Waals surface area contributed by atoms with Gasteiger partial charge in [0.2, 0.25) is 0 Å². The molecule has 0 atom stereocenters. The Hall–Kier alpha value is -3.10. The molecule has 2 aromatic carbocycles. The summed E-state index contributed by atoms with van der Waals surface area (Å²) in [5.41, 5.74) is -0.503. The van der Waals surface area contributed by atoms with Crippen molar-refractivity contribution in [2.45, 2.75) is 25.9 Å². The first-order valence-corrected chi connectivity index (χ1v) is 9.17. The van der Waals surface area contributed by atoms with E-state index in [1.807, 2.05) is 4.90 Å². The third-order valence-electron chi connectivity index (χ3n) is 5.02. The van der Waals surface area contributed by atoms with E-state index in [2.05, 4.69) is 12.2 Å². The van der Waals surface area contributed by atoms with E-state index in [0.29, 0.717) is 11.6 Å². The van der Waals surface area contributed by atoms with E-state index < -0.39 is 22.6 Å². The number of non-ortho nitro benzene ring substituents is 1. The first-order valence-electron chi connectivity index (χ1n) is 9.17. The Morgan fingerprint density at radius 2 is 1.86 bits per heavy atom. The highest BCUT2D eigenvalue weighted by atomic mass is 19.4. The van der Waals surface area contributed by atoms with Crippen molar-refractivity contribution in [2.24, 2.45) is 5.92 Å². The highest BCUT2D eigenvalue weighted by Crippen LogP contribution is 2.34. The van der Waals surface area contributed by atoms with Gasteiger partial charge >= 0.3 is 6.18 Å². The number of amides is 1. The Labute approximate surface area is 165 Å². The van der Waals surface area contributed by atoms with Crippen molar-refractivity contribution in [1.29, 1.82) is 0 Å². The van der Waals surface area contributed by atoms with Crippen LogP contribution in [0.4, 0.5) is 30.2 Å². The van der Waals surface area contributed by atoms with Crippen molar-refractivity contribution in [1.82, 2.24) is 0 Å². The monoisotopic (exact) mass is 407 g/mol. The van der Waals surface area contributed by atoms with E-state index in [-0.39, 0.29) is 16.9 Å². The van der Waals surface area contributed by atoms with Crippen LogP contribution in [-0.4, -0.2) is 23.9 Å². The molecule has 1 aliphatic heterocycles. The Morgan fingerprint density at radius 1 is 1.17 bits per heavy atom. The van der Waals surface area contributed by atoms with Crippen LogP contribution >= 0.6 is 0 Å². The molecular weight excluding hydrogens is 387 g/mol. The minimum Gasteiger partial charge on any atom is -0.370 e. The zero-order valence-corrected chi connectivity index (χ0v) is 15.7. The van der Waals surface area contributed by atoms with Crippen molar-refractivity contribution >= 4 is 23.0 Å². The highest BCUT2D eigenvalue weighted by Gasteiger charge is 2.31. The van der Waals surface area contributed by atoms with E-state index in [9.17, 15) is 28.1 Å². The summed E-state index contributed by atoms with van der Waals surface area (Å²) in [6, 6.07) is 8.21. The number of alkyl halides is 3. The Morgan fingerprint density at radius 3 is 2.48 bits per heavy atom. The standard InChI is InChI=1S/C20H20F3N3O3/c1-13-7-9-25(10-8-13)18-6-5-16(26(28)29)12-17(18)24-19(27)14-3-2-4-15(11-14)20(21,22)23/h2-6,11-13H,7-10H2,1H3,(H,24,27). The summed E-state index contributed by atoms with van der Waals surface area (Å²) >= 11 is 0. The summed E-state index contributed by atoms with van der Waals surface area (Å²) in [7, 11) is 0. The molecule has 2 aromatic rings. The molecule has 9 heteroatoms. The average Bonchev–Trinajstić information content (AvgIpc) is 2.68. The van der Waals surface area contributed by atoms with Crippen LogP contribution in [0.15, 0.2) is 42.5 Å². The van der Waals surface area contributed by atoms with Crippen molar-refractivity contribution in [3.05, 3.63) is 63.7 Å². The number of nitro groups is 1. The lowest BCUT2D eigenvalue weighted by Crippen LogP contribution is -2.33. The molecule has 1 N–H and O–H groups in total. The average molecular weight is 407 g/mol. The molecule has 3 rings (SSSR count). The number of benzene rings is 2. The molecule has 0 saturated carbocycles. The second-order valence-electron chi connectivity index (χ2n) is 7.16. The number of carbonyl (C=O) groups excluding carboxylic acids is 1. The lowest BCUT2D eigenvalue weighted by molar-refractivity contribution is -0.384. The fraction of sp³-hybridized carbons (Fsp3) is 0.350. The third-order valence-corrected chi connectivity index (χ3v) is 5.02. The van der Waals surface area contributed by atoms with Crippen molar-refractivity contribution in [3.63, 3.8) is 0 Å². The smallest absolute Gasteiger partial charge is 0.370 e. The number of nitrogens with one attached hydrogen (secondary N) is 1. The van der Waals surface area contributed by atoms with Crippen LogP contribution in [0.2, 0.25) is 0 Å². The number of nitro benzene ring substituents is 1. The number of nitrogens with zero attached hydrogens (tertiary/aromatic N) is 2. The number of carbonyl (C=O) groups is 1. The molecule has 0 aromatic heterocycles. The van der Waals surface area contributed by atoms with Gasteiger partial charge in [0.25, 0.3) is 11.6 Å². The van der Waals surface area contributed by atoms with E-state index >= 15 is 0 Å². The Kier molecular flexibility index (Phi) is 5.76. The predicted octanol–water partition coefficient (Wildman–Crippen LogP) is 5.10. The first kappa shape index (κ1) is 20.6. The Bertz CT molecular complexity index is 923. The molecule has 1 aliphatic rings.